The zero-order valence-corrected chi connectivity index (χ0v) is 20.3. The van der Waals surface area contributed by atoms with Gasteiger partial charge in [-0.15, -0.1) is 0 Å². The zero-order chi connectivity index (χ0) is 22.4. The molecule has 0 unspecified atom stereocenters. The zero-order valence-electron chi connectivity index (χ0n) is 15.8. The van der Waals surface area contributed by atoms with E-state index in [1.165, 1.54) is 6.07 Å². The summed E-state index contributed by atoms with van der Waals surface area (Å²) in [4.78, 5) is 17.8. The summed E-state index contributed by atoms with van der Waals surface area (Å²) >= 11 is 11.2. The fourth-order valence-corrected chi connectivity index (χ4v) is 3.90. The minimum atomic E-state index is -1.22. The monoisotopic (exact) mass is 621 g/mol. The Morgan fingerprint density at radius 3 is 2.55 bits per heavy atom. The molecule has 31 heavy (non-hydrogen) atoms. The number of benzene rings is 3. The van der Waals surface area contributed by atoms with Crippen molar-refractivity contribution in [3.8, 4) is 0 Å². The fourth-order valence-electron chi connectivity index (χ4n) is 2.60. The van der Waals surface area contributed by atoms with E-state index in [0.29, 0.717) is 17.3 Å². The van der Waals surface area contributed by atoms with Crippen molar-refractivity contribution in [2.45, 2.75) is 0 Å². The normalized spacial score (nSPS) is 10.6. The first-order valence-corrected chi connectivity index (χ1v) is 11.2. The van der Waals surface area contributed by atoms with E-state index in [1.807, 2.05) is 30.3 Å². The summed E-state index contributed by atoms with van der Waals surface area (Å²) in [5.74, 6) is -3.10. The van der Waals surface area contributed by atoms with Gasteiger partial charge in [0.1, 0.15) is 0 Å². The van der Waals surface area contributed by atoms with E-state index in [0.717, 1.165) is 9.26 Å². The molecule has 0 saturated carbocycles. The molecule has 5 nitrogen and oxygen atoms in total. The first-order chi connectivity index (χ1) is 14.9. The topological polar surface area (TPSA) is 62.4 Å². The third kappa shape index (κ3) is 6.28. The van der Waals surface area contributed by atoms with Crippen LogP contribution in [0.15, 0.2) is 59.1 Å². The number of carbonyl (C=O) groups is 1. The van der Waals surface area contributed by atoms with Crippen LogP contribution in [0.4, 0.5) is 25.8 Å². The number of rotatable bonds is 8. The number of nitrogens with one attached hydrogen (secondary N) is 3. The van der Waals surface area contributed by atoms with Crippen LogP contribution < -0.4 is 16.1 Å². The van der Waals surface area contributed by atoms with E-state index in [4.69, 9.17) is 16.4 Å². The predicted octanol–water partition coefficient (Wildman–Crippen LogP) is 6.50. The van der Waals surface area contributed by atoms with Crippen LogP contribution in [0, 0.1) is 15.2 Å². The van der Waals surface area contributed by atoms with E-state index in [-0.39, 0.29) is 22.3 Å². The lowest BCUT2D eigenvalue weighted by Gasteiger charge is -2.16. The molecule has 0 atom stereocenters. The number of anilines is 3. The van der Waals surface area contributed by atoms with Gasteiger partial charge in [0.05, 0.1) is 33.0 Å². The summed E-state index contributed by atoms with van der Waals surface area (Å²) in [6, 6.07) is 15.6. The second-order valence-corrected chi connectivity index (χ2v) is 8.74. The highest BCUT2D eigenvalue weighted by Gasteiger charge is 2.23. The molecule has 3 aromatic rings. The molecule has 3 N–H and O–H groups in total. The van der Waals surface area contributed by atoms with E-state index >= 15 is 0 Å². The molecule has 0 bridgehead atoms. The molecule has 0 saturated heterocycles. The Balaban J connectivity index is 1.71. The Bertz CT molecular complexity index is 1090. The van der Waals surface area contributed by atoms with Crippen molar-refractivity contribution in [3.05, 3.63) is 84.9 Å². The maximum absolute atomic E-state index is 14.7. The van der Waals surface area contributed by atoms with Gasteiger partial charge >= 0.3 is 0 Å². The minimum absolute atomic E-state index is 0.150. The van der Waals surface area contributed by atoms with Gasteiger partial charge < -0.3 is 10.6 Å². The molecule has 10 heteroatoms. The van der Waals surface area contributed by atoms with Crippen LogP contribution in [0.2, 0.25) is 5.02 Å². The summed E-state index contributed by atoms with van der Waals surface area (Å²) < 4.78 is 29.5. The van der Waals surface area contributed by atoms with Gasteiger partial charge in [0.2, 0.25) is 0 Å². The first-order valence-electron chi connectivity index (χ1n) is 8.97. The molecule has 0 aliphatic rings. The smallest absolute Gasteiger partial charge is 0.277 e. The number of carbonyl (C=O) groups excluding carboxylic acids is 1. The molecule has 0 heterocycles. The van der Waals surface area contributed by atoms with Crippen LogP contribution in [-0.2, 0) is 4.84 Å². The lowest BCUT2D eigenvalue weighted by molar-refractivity contribution is 0.0352. The summed E-state index contributed by atoms with van der Waals surface area (Å²) in [7, 11) is 0. The van der Waals surface area contributed by atoms with Crippen LogP contribution >= 0.6 is 50.1 Å². The lowest BCUT2D eigenvalue weighted by Crippen LogP contribution is -2.27. The van der Waals surface area contributed by atoms with Gasteiger partial charge in [0.25, 0.3) is 5.91 Å². The third-order valence-corrected chi connectivity index (χ3v) is 5.63. The quantitative estimate of drug-likeness (QED) is 0.116. The molecule has 0 aliphatic heterocycles. The number of hydroxylamine groups is 1. The van der Waals surface area contributed by atoms with Gasteiger partial charge in [0.15, 0.2) is 11.6 Å². The Kier molecular flexibility index (Phi) is 8.47. The van der Waals surface area contributed by atoms with Gasteiger partial charge in [-0.3, -0.25) is 9.63 Å². The van der Waals surface area contributed by atoms with Gasteiger partial charge in [-0.25, -0.2) is 14.3 Å². The number of hydrogen-bond donors (Lipinski definition) is 3. The van der Waals surface area contributed by atoms with Crippen LogP contribution in [0.5, 0.6) is 0 Å². The van der Waals surface area contributed by atoms with E-state index in [1.54, 1.807) is 18.2 Å². The second kappa shape index (κ2) is 11.1. The molecule has 3 rings (SSSR count). The van der Waals surface area contributed by atoms with Gasteiger partial charge in [-0.05, 0) is 74.9 Å². The Morgan fingerprint density at radius 2 is 1.84 bits per heavy atom. The van der Waals surface area contributed by atoms with Crippen molar-refractivity contribution in [1.82, 2.24) is 5.48 Å². The molecule has 0 aliphatic carbocycles. The van der Waals surface area contributed by atoms with E-state index in [2.05, 4.69) is 54.6 Å². The van der Waals surface area contributed by atoms with E-state index < -0.39 is 17.5 Å². The van der Waals surface area contributed by atoms with Crippen LogP contribution in [0.1, 0.15) is 10.4 Å². The third-order valence-electron chi connectivity index (χ3n) is 4.07. The number of amides is 1. The summed E-state index contributed by atoms with van der Waals surface area (Å²) in [6.45, 7) is 0.576. The van der Waals surface area contributed by atoms with Crippen molar-refractivity contribution in [3.63, 3.8) is 0 Å². The maximum Gasteiger partial charge on any atom is 0.277 e. The molecule has 0 aromatic heterocycles. The molecule has 162 valence electrons. The van der Waals surface area contributed by atoms with Crippen LogP contribution in [0.3, 0.4) is 0 Å². The Hall–Kier alpha value is -1.95. The first kappa shape index (κ1) is 23.7. The fraction of sp³-hybridized carbons (Fsp3) is 0.0952. The van der Waals surface area contributed by atoms with Crippen molar-refractivity contribution >= 4 is 73.1 Å². The average Bonchev–Trinajstić information content (AvgIpc) is 2.75. The Morgan fingerprint density at radius 1 is 1.10 bits per heavy atom. The Labute approximate surface area is 204 Å². The molecule has 0 fully saturated rings. The number of hydrogen-bond acceptors (Lipinski definition) is 4. The molecule has 3 aromatic carbocycles. The van der Waals surface area contributed by atoms with Gasteiger partial charge in [-0.1, -0.05) is 29.8 Å². The highest BCUT2D eigenvalue weighted by atomic mass is 127. The lowest BCUT2D eigenvalue weighted by atomic mass is 10.1. The summed E-state index contributed by atoms with van der Waals surface area (Å²) in [6.07, 6.45) is 0. The van der Waals surface area contributed by atoms with Crippen LogP contribution in [-0.4, -0.2) is 19.1 Å². The highest BCUT2D eigenvalue weighted by Crippen LogP contribution is 2.34. The second-order valence-electron chi connectivity index (χ2n) is 6.23. The largest absolute Gasteiger partial charge is 0.383 e. The molecule has 0 spiro atoms. The standard InChI is InChI=1S/C21H16BrClF2IN3O2/c22-15-11-14(21(30)29-31-9-8-27-13-4-2-1-3-5-13)20(19(25)18(15)24)28-17-7-6-12(26)10-16(17)23/h1-7,10-11,27-28H,8-9H2,(H,29,30). The molecule has 1 amide bonds. The van der Waals surface area contributed by atoms with E-state index in [9.17, 15) is 13.6 Å². The van der Waals surface area contributed by atoms with Crippen molar-refractivity contribution in [1.29, 1.82) is 0 Å². The average molecular weight is 623 g/mol. The minimum Gasteiger partial charge on any atom is -0.383 e. The summed E-state index contributed by atoms with van der Waals surface area (Å²) in [5.41, 5.74) is 2.96. The number of para-hydroxylation sites is 1. The maximum atomic E-state index is 14.7. The number of halogens is 5. The summed E-state index contributed by atoms with van der Waals surface area (Å²) in [5, 5.41) is 6.12. The van der Waals surface area contributed by atoms with Gasteiger partial charge in [0, 0.05) is 15.8 Å². The van der Waals surface area contributed by atoms with Crippen molar-refractivity contribution < 1.29 is 18.4 Å². The predicted molar refractivity (Wildman–Crippen MR) is 130 cm³/mol. The van der Waals surface area contributed by atoms with Crippen LogP contribution in [0.25, 0.3) is 0 Å². The van der Waals surface area contributed by atoms with Crippen molar-refractivity contribution in [2.75, 3.05) is 23.8 Å². The molecule has 0 radical (unpaired) electrons. The molecular weight excluding hydrogens is 607 g/mol. The van der Waals surface area contributed by atoms with Gasteiger partial charge in [-0.2, -0.15) is 0 Å². The SMILES string of the molecule is O=C(NOCCNc1ccccc1)c1cc(Br)c(F)c(F)c1Nc1ccc(I)cc1Cl. The molecular formula is C21H16BrClF2IN3O2. The van der Waals surface area contributed by atoms with Crippen molar-refractivity contribution in [2.24, 2.45) is 0 Å². The highest BCUT2D eigenvalue weighted by molar-refractivity contribution is 14.1.